The van der Waals surface area contributed by atoms with Crippen LogP contribution in [-0.4, -0.2) is 22.9 Å². The van der Waals surface area contributed by atoms with Gasteiger partial charge in [0.15, 0.2) is 0 Å². The van der Waals surface area contributed by atoms with Crippen LogP contribution in [-0.2, 0) is 10.2 Å². The van der Waals surface area contributed by atoms with E-state index in [9.17, 15) is 4.79 Å². The van der Waals surface area contributed by atoms with Crippen LogP contribution in [0.2, 0.25) is 0 Å². The molecule has 0 bridgehead atoms. The van der Waals surface area contributed by atoms with Crippen LogP contribution >= 0.6 is 0 Å². The van der Waals surface area contributed by atoms with Crippen LogP contribution in [0.5, 0.6) is 0 Å². The van der Waals surface area contributed by atoms with Gasteiger partial charge in [0.25, 0.3) is 0 Å². The molecule has 0 spiro atoms. The van der Waals surface area contributed by atoms with E-state index in [1.807, 2.05) is 38.1 Å². The molecule has 1 amide bonds. The molecule has 1 aromatic carbocycles. The summed E-state index contributed by atoms with van der Waals surface area (Å²) in [4.78, 5) is 15.1. The number of hydrogen-bond donors (Lipinski definition) is 1. The van der Waals surface area contributed by atoms with Gasteiger partial charge in [-0.25, -0.2) is 0 Å². The number of anilines is 1. The van der Waals surface area contributed by atoms with Crippen LogP contribution in [0.3, 0.4) is 0 Å². The van der Waals surface area contributed by atoms with Gasteiger partial charge in [0.05, 0.1) is 5.41 Å². The van der Waals surface area contributed by atoms with E-state index in [0.717, 1.165) is 24.1 Å². The molecule has 0 aliphatic carbocycles. The van der Waals surface area contributed by atoms with Crippen LogP contribution in [0.1, 0.15) is 52.5 Å². The molecule has 0 aromatic heterocycles. The average molecular weight is 274 g/mol. The van der Waals surface area contributed by atoms with Crippen molar-refractivity contribution < 1.29 is 4.79 Å². The normalized spacial score (nSPS) is 23.7. The highest BCUT2D eigenvalue weighted by Crippen LogP contribution is 2.31. The van der Waals surface area contributed by atoms with E-state index in [0.29, 0.717) is 12.1 Å². The van der Waals surface area contributed by atoms with Crippen molar-refractivity contribution in [2.24, 2.45) is 0 Å². The van der Waals surface area contributed by atoms with Gasteiger partial charge in [0.1, 0.15) is 0 Å². The van der Waals surface area contributed by atoms with Gasteiger partial charge in [-0.2, -0.15) is 0 Å². The highest BCUT2D eigenvalue weighted by atomic mass is 16.2. The average Bonchev–Trinajstić information content (AvgIpc) is 2.38. The first-order chi connectivity index (χ1) is 9.34. The van der Waals surface area contributed by atoms with E-state index < -0.39 is 5.41 Å². The molecule has 1 fully saturated rings. The maximum atomic E-state index is 13.0. The van der Waals surface area contributed by atoms with E-state index >= 15 is 0 Å². The smallest absolute Gasteiger partial charge is 0.233 e. The molecule has 0 radical (unpaired) electrons. The van der Waals surface area contributed by atoms with Gasteiger partial charge in [-0.05, 0) is 64.7 Å². The molecule has 1 heterocycles. The second kappa shape index (κ2) is 5.47. The molecule has 1 saturated heterocycles. The first-order valence-electron chi connectivity index (χ1n) is 7.53. The lowest BCUT2D eigenvalue weighted by Crippen LogP contribution is -2.53. The molecule has 0 unspecified atom stereocenters. The lowest BCUT2D eigenvalue weighted by Gasteiger charge is -2.43. The Balaban J connectivity index is 2.28. The Bertz CT molecular complexity index is 468. The number of nitrogens with zero attached hydrogens (tertiary/aromatic N) is 1. The number of hydrogen-bond acceptors (Lipinski definition) is 2. The summed E-state index contributed by atoms with van der Waals surface area (Å²) in [6.45, 7) is 8.34. The van der Waals surface area contributed by atoms with Gasteiger partial charge in [0, 0.05) is 17.8 Å². The molecular weight excluding hydrogens is 248 g/mol. The van der Waals surface area contributed by atoms with Crippen molar-refractivity contribution in [1.29, 1.82) is 0 Å². The van der Waals surface area contributed by atoms with Crippen LogP contribution in [0.4, 0.5) is 5.69 Å². The van der Waals surface area contributed by atoms with Gasteiger partial charge >= 0.3 is 0 Å². The Kier molecular flexibility index (Phi) is 4.07. The zero-order valence-corrected chi connectivity index (χ0v) is 13.0. The molecule has 20 heavy (non-hydrogen) atoms. The number of piperidine rings is 1. The largest absolute Gasteiger partial charge is 0.399 e. The monoisotopic (exact) mass is 274 g/mol. The summed E-state index contributed by atoms with van der Waals surface area (Å²) in [5, 5.41) is 0. The first-order valence-corrected chi connectivity index (χ1v) is 7.53. The Hall–Kier alpha value is -1.51. The van der Waals surface area contributed by atoms with Crippen molar-refractivity contribution in [3.05, 3.63) is 29.8 Å². The third-order valence-electron chi connectivity index (χ3n) is 4.60. The van der Waals surface area contributed by atoms with Crippen LogP contribution in [0.25, 0.3) is 0 Å². The minimum Gasteiger partial charge on any atom is -0.399 e. The number of nitrogen functional groups attached to an aromatic ring is 1. The van der Waals surface area contributed by atoms with Crippen molar-refractivity contribution in [2.45, 2.75) is 64.5 Å². The zero-order chi connectivity index (χ0) is 14.9. The zero-order valence-electron chi connectivity index (χ0n) is 13.0. The number of amides is 1. The lowest BCUT2D eigenvalue weighted by atomic mass is 9.81. The summed E-state index contributed by atoms with van der Waals surface area (Å²) in [6.07, 6.45) is 3.43. The van der Waals surface area contributed by atoms with E-state index in [1.165, 1.54) is 6.42 Å². The predicted octanol–water partition coefficient (Wildman–Crippen LogP) is 3.34. The van der Waals surface area contributed by atoms with Gasteiger partial charge in [0.2, 0.25) is 5.91 Å². The third-order valence-corrected chi connectivity index (χ3v) is 4.60. The molecule has 3 nitrogen and oxygen atoms in total. The Morgan fingerprint density at radius 3 is 2.15 bits per heavy atom. The molecule has 110 valence electrons. The van der Waals surface area contributed by atoms with E-state index in [1.54, 1.807) is 0 Å². The van der Waals surface area contributed by atoms with Crippen LogP contribution < -0.4 is 5.73 Å². The third kappa shape index (κ3) is 2.67. The standard InChI is InChI=1S/C17H26N2O/c1-12-6-5-7-13(2)19(12)16(20)17(3,4)14-8-10-15(18)11-9-14/h8-13H,5-7,18H2,1-4H3/t12-,13+. The molecule has 1 aliphatic heterocycles. The molecule has 0 saturated carbocycles. The minimum absolute atomic E-state index is 0.224. The first kappa shape index (κ1) is 14.9. The van der Waals surface area contributed by atoms with Gasteiger partial charge < -0.3 is 10.6 Å². The summed E-state index contributed by atoms with van der Waals surface area (Å²) in [7, 11) is 0. The fraction of sp³-hybridized carbons (Fsp3) is 0.588. The number of carbonyl (C=O) groups excluding carboxylic acids is 1. The van der Waals surface area contributed by atoms with E-state index in [2.05, 4.69) is 18.7 Å². The Labute approximate surface area is 122 Å². The number of nitrogens with two attached hydrogens (primary N) is 1. The molecule has 2 rings (SSSR count). The lowest BCUT2D eigenvalue weighted by molar-refractivity contribution is -0.142. The fourth-order valence-corrected chi connectivity index (χ4v) is 3.17. The quantitative estimate of drug-likeness (QED) is 0.841. The topological polar surface area (TPSA) is 46.3 Å². The molecule has 1 aliphatic rings. The van der Waals surface area contributed by atoms with Gasteiger partial charge in [-0.15, -0.1) is 0 Å². The molecule has 2 atom stereocenters. The molecule has 2 N–H and O–H groups in total. The fourth-order valence-electron chi connectivity index (χ4n) is 3.17. The van der Waals surface area contributed by atoms with E-state index in [-0.39, 0.29) is 5.91 Å². The maximum Gasteiger partial charge on any atom is 0.233 e. The SMILES string of the molecule is C[C@@H]1CCC[C@H](C)N1C(=O)C(C)(C)c1ccc(N)cc1. The summed E-state index contributed by atoms with van der Waals surface area (Å²) in [5.41, 5.74) is 6.99. The summed E-state index contributed by atoms with van der Waals surface area (Å²) < 4.78 is 0. The number of carbonyl (C=O) groups is 1. The molecular formula is C17H26N2O. The number of likely N-dealkylation sites (tertiary alicyclic amines) is 1. The van der Waals surface area contributed by atoms with Crippen molar-refractivity contribution in [3.8, 4) is 0 Å². The summed E-state index contributed by atoms with van der Waals surface area (Å²) in [5.74, 6) is 0.224. The highest BCUT2D eigenvalue weighted by Gasteiger charge is 2.38. The Morgan fingerprint density at radius 1 is 1.15 bits per heavy atom. The predicted molar refractivity (Wildman–Crippen MR) is 83.5 cm³/mol. The van der Waals surface area contributed by atoms with Crippen molar-refractivity contribution >= 4 is 11.6 Å². The van der Waals surface area contributed by atoms with Gasteiger partial charge in [-0.3, -0.25) is 4.79 Å². The minimum atomic E-state index is -0.506. The summed E-state index contributed by atoms with van der Waals surface area (Å²) in [6, 6.07) is 8.33. The van der Waals surface area contributed by atoms with Crippen molar-refractivity contribution in [3.63, 3.8) is 0 Å². The van der Waals surface area contributed by atoms with E-state index in [4.69, 9.17) is 5.73 Å². The highest BCUT2D eigenvalue weighted by molar-refractivity contribution is 5.88. The second-order valence-electron chi connectivity index (χ2n) is 6.59. The Morgan fingerprint density at radius 2 is 1.65 bits per heavy atom. The van der Waals surface area contributed by atoms with Crippen LogP contribution in [0.15, 0.2) is 24.3 Å². The van der Waals surface area contributed by atoms with Gasteiger partial charge in [-0.1, -0.05) is 12.1 Å². The maximum absolute atomic E-state index is 13.0. The number of benzene rings is 1. The number of rotatable bonds is 2. The van der Waals surface area contributed by atoms with Crippen LogP contribution in [0, 0.1) is 0 Å². The molecule has 1 aromatic rings. The second-order valence-corrected chi connectivity index (χ2v) is 6.59. The molecule has 3 heteroatoms. The van der Waals surface area contributed by atoms with Crippen molar-refractivity contribution in [1.82, 2.24) is 4.90 Å². The summed E-state index contributed by atoms with van der Waals surface area (Å²) >= 11 is 0. The van der Waals surface area contributed by atoms with Crippen molar-refractivity contribution in [2.75, 3.05) is 5.73 Å².